The Morgan fingerprint density at radius 2 is 2.16 bits per heavy atom. The van der Waals surface area contributed by atoms with Crippen molar-refractivity contribution in [2.75, 3.05) is 0 Å². The molecule has 0 aliphatic rings. The van der Waals surface area contributed by atoms with Crippen molar-refractivity contribution in [3.8, 4) is 5.69 Å². The summed E-state index contributed by atoms with van der Waals surface area (Å²) in [7, 11) is 1.86. The van der Waals surface area contributed by atoms with Crippen LogP contribution in [0.4, 0.5) is 0 Å². The van der Waals surface area contributed by atoms with Gasteiger partial charge in [-0.1, -0.05) is 5.21 Å². The quantitative estimate of drug-likeness (QED) is 0.789. The predicted molar refractivity (Wildman–Crippen MR) is 68.1 cm³/mol. The molecule has 0 bridgehead atoms. The van der Waals surface area contributed by atoms with Crippen LogP contribution < -0.4 is 0 Å². The highest BCUT2D eigenvalue weighted by atomic mass is 16.4. The molecule has 0 amide bonds. The summed E-state index contributed by atoms with van der Waals surface area (Å²) in [6.45, 7) is 1.92. The third-order valence-corrected chi connectivity index (χ3v) is 2.85. The van der Waals surface area contributed by atoms with E-state index >= 15 is 0 Å². The number of unbranched alkanes of at least 4 members (excludes halogenated alkanes) is 1. The zero-order chi connectivity index (χ0) is 13.8. The van der Waals surface area contributed by atoms with Crippen LogP contribution in [-0.4, -0.2) is 35.9 Å². The maximum absolute atomic E-state index is 10.4. The van der Waals surface area contributed by atoms with Gasteiger partial charge in [-0.25, -0.2) is 4.68 Å². The number of carboxylic acids is 1. The molecule has 0 aromatic carbocycles. The average Bonchev–Trinajstić information content (AvgIpc) is 2.91. The van der Waals surface area contributed by atoms with E-state index in [1.165, 1.54) is 0 Å². The number of aliphatic carboxylic acids is 1. The number of nitrogens with zero attached hydrogens (tertiary/aromatic N) is 5. The minimum atomic E-state index is -0.755. The van der Waals surface area contributed by atoms with Crippen molar-refractivity contribution >= 4 is 5.97 Å². The molecule has 2 heterocycles. The number of carbonyl (C=O) groups is 1. The van der Waals surface area contributed by atoms with Crippen molar-refractivity contribution in [3.05, 3.63) is 23.8 Å². The SMILES string of the molecule is Cc1nn(C)cc1-n1cc(CCCCC(=O)O)nn1. The largest absolute Gasteiger partial charge is 0.481 e. The molecule has 2 rings (SSSR count). The molecule has 0 saturated heterocycles. The van der Waals surface area contributed by atoms with Gasteiger partial charge in [-0.15, -0.1) is 5.10 Å². The summed E-state index contributed by atoms with van der Waals surface area (Å²) in [6.07, 6.45) is 6.16. The molecule has 0 spiro atoms. The van der Waals surface area contributed by atoms with Crippen LogP contribution in [0.25, 0.3) is 5.69 Å². The van der Waals surface area contributed by atoms with Crippen LogP contribution in [0, 0.1) is 6.92 Å². The van der Waals surface area contributed by atoms with Gasteiger partial charge in [0.25, 0.3) is 0 Å². The van der Waals surface area contributed by atoms with Crippen LogP contribution in [0.3, 0.4) is 0 Å². The first kappa shape index (κ1) is 13.3. The molecule has 0 unspecified atom stereocenters. The van der Waals surface area contributed by atoms with E-state index in [0.29, 0.717) is 6.42 Å². The topological polar surface area (TPSA) is 85.8 Å². The molecule has 0 atom stereocenters. The summed E-state index contributed by atoms with van der Waals surface area (Å²) in [6, 6.07) is 0. The van der Waals surface area contributed by atoms with E-state index in [1.807, 2.05) is 26.4 Å². The Balaban J connectivity index is 1.95. The third-order valence-electron chi connectivity index (χ3n) is 2.85. The van der Waals surface area contributed by atoms with Crippen molar-refractivity contribution in [1.82, 2.24) is 24.8 Å². The summed E-state index contributed by atoms with van der Waals surface area (Å²) in [5.74, 6) is -0.755. The van der Waals surface area contributed by atoms with E-state index in [1.54, 1.807) is 9.36 Å². The molecule has 0 radical (unpaired) electrons. The maximum Gasteiger partial charge on any atom is 0.303 e. The Morgan fingerprint density at radius 1 is 1.37 bits per heavy atom. The van der Waals surface area contributed by atoms with E-state index in [9.17, 15) is 4.79 Å². The molecular formula is C12H17N5O2. The molecule has 2 aromatic rings. The summed E-state index contributed by atoms with van der Waals surface area (Å²) in [5, 5.41) is 21.0. The first-order valence-corrected chi connectivity index (χ1v) is 6.20. The van der Waals surface area contributed by atoms with Crippen LogP contribution in [0.1, 0.15) is 30.7 Å². The van der Waals surface area contributed by atoms with Gasteiger partial charge < -0.3 is 5.11 Å². The summed E-state index contributed by atoms with van der Waals surface area (Å²) in [5.41, 5.74) is 2.67. The normalized spacial score (nSPS) is 10.8. The third kappa shape index (κ3) is 3.40. The molecular weight excluding hydrogens is 246 g/mol. The predicted octanol–water partition coefficient (Wildman–Crippen LogP) is 1.11. The molecule has 19 heavy (non-hydrogen) atoms. The Morgan fingerprint density at radius 3 is 2.79 bits per heavy atom. The van der Waals surface area contributed by atoms with Gasteiger partial charge in [-0.3, -0.25) is 9.48 Å². The highest BCUT2D eigenvalue weighted by Gasteiger charge is 2.08. The van der Waals surface area contributed by atoms with Gasteiger partial charge in [0.2, 0.25) is 0 Å². The van der Waals surface area contributed by atoms with Crippen LogP contribution in [0.2, 0.25) is 0 Å². The minimum Gasteiger partial charge on any atom is -0.481 e. The Bertz CT molecular complexity index is 572. The maximum atomic E-state index is 10.4. The second-order valence-corrected chi connectivity index (χ2v) is 4.53. The van der Waals surface area contributed by atoms with Crippen LogP contribution in [0.15, 0.2) is 12.4 Å². The summed E-state index contributed by atoms with van der Waals surface area (Å²) < 4.78 is 3.44. The van der Waals surface area contributed by atoms with Gasteiger partial charge in [0.15, 0.2) is 0 Å². The molecule has 0 aliphatic heterocycles. The van der Waals surface area contributed by atoms with Gasteiger partial charge >= 0.3 is 5.97 Å². The van der Waals surface area contributed by atoms with E-state index < -0.39 is 5.97 Å². The molecule has 0 saturated carbocycles. The molecule has 0 fully saturated rings. The van der Waals surface area contributed by atoms with Crippen molar-refractivity contribution in [3.63, 3.8) is 0 Å². The Kier molecular flexibility index (Phi) is 3.94. The van der Waals surface area contributed by atoms with Crippen LogP contribution in [-0.2, 0) is 18.3 Å². The van der Waals surface area contributed by atoms with Crippen molar-refractivity contribution in [2.45, 2.75) is 32.6 Å². The Hall–Kier alpha value is -2.18. The first-order chi connectivity index (χ1) is 9.06. The van der Waals surface area contributed by atoms with E-state index in [-0.39, 0.29) is 6.42 Å². The fraction of sp³-hybridized carbons (Fsp3) is 0.500. The van der Waals surface area contributed by atoms with Crippen LogP contribution in [0.5, 0.6) is 0 Å². The molecule has 7 nitrogen and oxygen atoms in total. The zero-order valence-corrected chi connectivity index (χ0v) is 11.1. The lowest BCUT2D eigenvalue weighted by Gasteiger charge is -1.96. The molecule has 1 N–H and O–H groups in total. The van der Waals surface area contributed by atoms with Gasteiger partial charge in [0.05, 0.1) is 23.8 Å². The number of carboxylic acid groups (broad SMARTS) is 1. The number of hydrogen-bond donors (Lipinski definition) is 1. The Labute approximate surface area is 110 Å². The lowest BCUT2D eigenvalue weighted by atomic mass is 10.1. The lowest BCUT2D eigenvalue weighted by molar-refractivity contribution is -0.137. The number of aryl methyl sites for hydroxylation is 3. The van der Waals surface area contributed by atoms with Gasteiger partial charge in [-0.2, -0.15) is 5.10 Å². The molecule has 7 heteroatoms. The highest BCUT2D eigenvalue weighted by molar-refractivity contribution is 5.66. The molecule has 102 valence electrons. The van der Waals surface area contributed by atoms with Crippen molar-refractivity contribution < 1.29 is 9.90 Å². The van der Waals surface area contributed by atoms with Gasteiger partial charge in [-0.05, 0) is 26.2 Å². The number of aromatic nitrogens is 5. The smallest absolute Gasteiger partial charge is 0.303 e. The number of rotatable bonds is 6. The van der Waals surface area contributed by atoms with Gasteiger partial charge in [0.1, 0.15) is 5.69 Å². The van der Waals surface area contributed by atoms with Crippen LogP contribution >= 0.6 is 0 Å². The van der Waals surface area contributed by atoms with E-state index in [4.69, 9.17) is 5.11 Å². The highest BCUT2D eigenvalue weighted by Crippen LogP contribution is 2.11. The fourth-order valence-electron chi connectivity index (χ4n) is 1.93. The summed E-state index contributed by atoms with van der Waals surface area (Å²) in [4.78, 5) is 10.4. The monoisotopic (exact) mass is 263 g/mol. The zero-order valence-electron chi connectivity index (χ0n) is 11.1. The second kappa shape index (κ2) is 5.64. The molecule has 2 aromatic heterocycles. The number of hydrogen-bond acceptors (Lipinski definition) is 4. The summed E-state index contributed by atoms with van der Waals surface area (Å²) >= 11 is 0. The van der Waals surface area contributed by atoms with Crippen molar-refractivity contribution in [2.24, 2.45) is 7.05 Å². The van der Waals surface area contributed by atoms with Crippen molar-refractivity contribution in [1.29, 1.82) is 0 Å². The lowest BCUT2D eigenvalue weighted by Crippen LogP contribution is -1.95. The van der Waals surface area contributed by atoms with E-state index in [2.05, 4.69) is 15.4 Å². The molecule has 0 aliphatic carbocycles. The standard InChI is InChI=1S/C12H17N5O2/c1-9-11(8-16(2)14-9)17-7-10(13-15-17)5-3-4-6-12(18)19/h7-8H,3-6H2,1-2H3,(H,18,19). The first-order valence-electron chi connectivity index (χ1n) is 6.20. The van der Waals surface area contributed by atoms with Gasteiger partial charge in [0, 0.05) is 13.5 Å². The minimum absolute atomic E-state index is 0.204. The van der Waals surface area contributed by atoms with E-state index in [0.717, 1.165) is 29.9 Å². The second-order valence-electron chi connectivity index (χ2n) is 4.53. The average molecular weight is 263 g/mol. The fourth-order valence-corrected chi connectivity index (χ4v) is 1.93.